The van der Waals surface area contributed by atoms with E-state index in [4.69, 9.17) is 0 Å². The van der Waals surface area contributed by atoms with Gasteiger partial charge in [0.05, 0.1) is 5.56 Å². The maximum atomic E-state index is 14.8. The van der Waals surface area contributed by atoms with Gasteiger partial charge >= 0.3 is 6.11 Å². The van der Waals surface area contributed by atoms with Crippen molar-refractivity contribution in [3.8, 4) is 28.0 Å². The normalized spacial score (nSPS) is 11.1. The highest BCUT2D eigenvalue weighted by Gasteiger charge is 2.35. The lowest BCUT2D eigenvalue weighted by atomic mass is 9.98. The van der Waals surface area contributed by atoms with Crippen LogP contribution in [0.1, 0.15) is 18.6 Å². The number of ether oxygens (including phenoxy) is 1. The van der Waals surface area contributed by atoms with Crippen molar-refractivity contribution in [1.82, 2.24) is 0 Å². The fourth-order valence-corrected chi connectivity index (χ4v) is 3.32. The summed E-state index contributed by atoms with van der Waals surface area (Å²) < 4.78 is 87.6. The van der Waals surface area contributed by atoms with E-state index in [0.717, 1.165) is 23.3 Å². The molecule has 4 aromatic rings. The van der Waals surface area contributed by atoms with Gasteiger partial charge < -0.3 is 4.74 Å². The first-order valence-corrected chi connectivity index (χ1v) is 9.83. The zero-order chi connectivity index (χ0) is 23.8. The van der Waals surface area contributed by atoms with Crippen LogP contribution < -0.4 is 4.74 Å². The van der Waals surface area contributed by atoms with Crippen LogP contribution in [-0.4, -0.2) is 0 Å². The summed E-state index contributed by atoms with van der Waals surface area (Å²) in [7, 11) is 0. The number of aryl methyl sites for hydroxylation is 1. The van der Waals surface area contributed by atoms with Gasteiger partial charge in [0.15, 0.2) is 17.5 Å². The second-order valence-electron chi connectivity index (χ2n) is 7.46. The Bertz CT molecular complexity index is 1280. The third-order valence-corrected chi connectivity index (χ3v) is 5.09. The molecule has 0 amide bonds. The fourth-order valence-electron chi connectivity index (χ4n) is 3.32. The summed E-state index contributed by atoms with van der Waals surface area (Å²) in [5, 5.41) is 0. The van der Waals surface area contributed by atoms with E-state index in [1.54, 1.807) is 12.1 Å². The summed E-state index contributed by atoms with van der Waals surface area (Å²) >= 11 is 0. The molecule has 0 saturated heterocycles. The standard InChI is InChI=1S/C26H16F6O.CH4/c1-15-2-4-16(5-3-15)18-8-11-21(22(27)12-18)17-6-9-19(10-7-17)26(31,32)33-20-13-23(28)25(30)24(29)14-20;/h2-14H,1H3;1H4. The van der Waals surface area contributed by atoms with Crippen LogP contribution >= 0.6 is 0 Å². The lowest BCUT2D eigenvalue weighted by molar-refractivity contribution is -0.185. The highest BCUT2D eigenvalue weighted by Crippen LogP contribution is 2.35. The molecule has 0 aliphatic rings. The van der Waals surface area contributed by atoms with Gasteiger partial charge in [-0.3, -0.25) is 0 Å². The molecule has 0 saturated carbocycles. The van der Waals surface area contributed by atoms with Crippen LogP contribution in [0.25, 0.3) is 22.3 Å². The van der Waals surface area contributed by atoms with Gasteiger partial charge in [-0.1, -0.05) is 61.5 Å². The summed E-state index contributed by atoms with van der Waals surface area (Å²) in [6.07, 6.45) is -3.97. The summed E-state index contributed by atoms with van der Waals surface area (Å²) in [6.45, 7) is 1.95. The van der Waals surface area contributed by atoms with Crippen LogP contribution in [0.4, 0.5) is 26.3 Å². The van der Waals surface area contributed by atoms with Crippen molar-refractivity contribution in [3.05, 3.63) is 113 Å². The van der Waals surface area contributed by atoms with Gasteiger partial charge in [-0.05, 0) is 41.8 Å². The SMILES string of the molecule is C.Cc1ccc(-c2ccc(-c3ccc(C(F)(F)Oc4cc(F)c(F)c(F)c4)cc3)c(F)c2)cc1. The van der Waals surface area contributed by atoms with Crippen molar-refractivity contribution in [2.24, 2.45) is 0 Å². The largest absolute Gasteiger partial charge is 0.429 e. The van der Waals surface area contributed by atoms with Crippen LogP contribution in [0.2, 0.25) is 0 Å². The van der Waals surface area contributed by atoms with Crippen LogP contribution in [0.5, 0.6) is 5.75 Å². The van der Waals surface area contributed by atoms with E-state index in [1.807, 2.05) is 31.2 Å². The highest BCUT2D eigenvalue weighted by atomic mass is 19.3. The topological polar surface area (TPSA) is 9.23 Å². The Kier molecular flexibility index (Phi) is 7.05. The fraction of sp³-hybridized carbons (Fsp3) is 0.111. The van der Waals surface area contributed by atoms with Gasteiger partial charge in [0.1, 0.15) is 11.6 Å². The molecule has 0 aliphatic heterocycles. The van der Waals surface area contributed by atoms with Crippen molar-refractivity contribution in [2.45, 2.75) is 20.5 Å². The molecule has 4 rings (SSSR count). The van der Waals surface area contributed by atoms with Gasteiger partial charge in [-0.15, -0.1) is 0 Å². The van der Waals surface area contributed by atoms with Crippen molar-refractivity contribution in [3.63, 3.8) is 0 Å². The Hall–Kier alpha value is -3.74. The molecule has 1 nitrogen and oxygen atoms in total. The minimum atomic E-state index is -3.97. The lowest BCUT2D eigenvalue weighted by Crippen LogP contribution is -2.22. The Labute approximate surface area is 193 Å². The summed E-state index contributed by atoms with van der Waals surface area (Å²) in [4.78, 5) is 0. The Morgan fingerprint density at radius 2 is 1.15 bits per heavy atom. The first-order chi connectivity index (χ1) is 15.6. The minimum Gasteiger partial charge on any atom is -0.429 e. The molecule has 176 valence electrons. The Balaban J connectivity index is 0.00000324. The molecule has 0 N–H and O–H groups in total. The number of hydrogen-bond donors (Lipinski definition) is 0. The van der Waals surface area contributed by atoms with E-state index in [-0.39, 0.29) is 13.0 Å². The zero-order valence-electron chi connectivity index (χ0n) is 17.2. The number of benzene rings is 4. The molecule has 0 spiro atoms. The first kappa shape index (κ1) is 24.9. The molecule has 34 heavy (non-hydrogen) atoms. The number of rotatable bonds is 5. The van der Waals surface area contributed by atoms with E-state index >= 15 is 0 Å². The zero-order valence-corrected chi connectivity index (χ0v) is 17.2. The van der Waals surface area contributed by atoms with Gasteiger partial charge in [-0.25, -0.2) is 17.6 Å². The molecule has 0 aromatic heterocycles. The van der Waals surface area contributed by atoms with Gasteiger partial charge in [-0.2, -0.15) is 8.78 Å². The average Bonchev–Trinajstić information content (AvgIpc) is 2.78. The maximum absolute atomic E-state index is 14.8. The molecule has 0 radical (unpaired) electrons. The second-order valence-corrected chi connectivity index (χ2v) is 7.46. The van der Waals surface area contributed by atoms with E-state index in [1.165, 1.54) is 18.2 Å². The molecule has 0 bridgehead atoms. The molecule has 0 fully saturated rings. The summed E-state index contributed by atoms with van der Waals surface area (Å²) in [5.41, 5.74) is 2.52. The molecule has 0 aliphatic carbocycles. The molecule has 7 heteroatoms. The predicted molar refractivity (Wildman–Crippen MR) is 120 cm³/mol. The maximum Gasteiger partial charge on any atom is 0.426 e. The smallest absolute Gasteiger partial charge is 0.426 e. The van der Waals surface area contributed by atoms with Crippen LogP contribution in [0.3, 0.4) is 0 Å². The highest BCUT2D eigenvalue weighted by molar-refractivity contribution is 5.71. The predicted octanol–water partition coefficient (Wildman–Crippen LogP) is 8.65. The van der Waals surface area contributed by atoms with Crippen molar-refractivity contribution < 1.29 is 31.1 Å². The van der Waals surface area contributed by atoms with Crippen molar-refractivity contribution >= 4 is 0 Å². The van der Waals surface area contributed by atoms with E-state index in [2.05, 4.69) is 4.74 Å². The summed E-state index contributed by atoms with van der Waals surface area (Å²) in [5.74, 6) is -6.49. The van der Waals surface area contributed by atoms with Crippen LogP contribution in [-0.2, 0) is 6.11 Å². The number of alkyl halides is 2. The van der Waals surface area contributed by atoms with E-state index in [0.29, 0.717) is 23.3 Å². The van der Waals surface area contributed by atoms with Crippen LogP contribution in [0, 0.1) is 30.2 Å². The molecule has 0 atom stereocenters. The van der Waals surface area contributed by atoms with E-state index in [9.17, 15) is 26.3 Å². The quantitative estimate of drug-likeness (QED) is 0.208. The first-order valence-electron chi connectivity index (χ1n) is 9.83. The number of halogens is 6. The molecule has 0 heterocycles. The molecular weight excluding hydrogens is 454 g/mol. The summed E-state index contributed by atoms with van der Waals surface area (Å²) in [6, 6.07) is 17.5. The lowest BCUT2D eigenvalue weighted by Gasteiger charge is -2.19. The van der Waals surface area contributed by atoms with Gasteiger partial charge in [0, 0.05) is 17.7 Å². The third-order valence-electron chi connectivity index (χ3n) is 5.09. The molecular formula is C27H20F6O. The third kappa shape index (κ3) is 5.09. The second kappa shape index (κ2) is 9.63. The van der Waals surface area contributed by atoms with Crippen molar-refractivity contribution in [1.29, 1.82) is 0 Å². The van der Waals surface area contributed by atoms with Gasteiger partial charge in [0.2, 0.25) is 0 Å². The van der Waals surface area contributed by atoms with E-state index < -0.39 is 40.7 Å². The van der Waals surface area contributed by atoms with Crippen molar-refractivity contribution in [2.75, 3.05) is 0 Å². The Morgan fingerprint density at radius 1 is 0.618 bits per heavy atom. The average molecular weight is 474 g/mol. The minimum absolute atomic E-state index is 0. The van der Waals surface area contributed by atoms with Crippen LogP contribution in [0.15, 0.2) is 78.9 Å². The Morgan fingerprint density at radius 3 is 1.71 bits per heavy atom. The monoisotopic (exact) mass is 474 g/mol. The van der Waals surface area contributed by atoms with Gasteiger partial charge in [0.25, 0.3) is 0 Å². The molecule has 4 aromatic carbocycles. The number of hydrogen-bond acceptors (Lipinski definition) is 1. The molecule has 0 unspecified atom stereocenters.